The van der Waals surface area contributed by atoms with Crippen LogP contribution in [0.5, 0.6) is 0 Å². The predicted octanol–water partition coefficient (Wildman–Crippen LogP) is 4.55. The topological polar surface area (TPSA) is 79.6 Å². The fourth-order valence-corrected chi connectivity index (χ4v) is 3.19. The van der Waals surface area contributed by atoms with Crippen LogP contribution in [0, 0.1) is 6.92 Å². The van der Waals surface area contributed by atoms with Crippen molar-refractivity contribution in [3.63, 3.8) is 0 Å². The summed E-state index contributed by atoms with van der Waals surface area (Å²) in [4.78, 5) is 37.5. The van der Waals surface area contributed by atoms with Gasteiger partial charge in [-0.2, -0.15) is 0 Å². The first-order valence-electron chi connectivity index (χ1n) is 9.52. The van der Waals surface area contributed by atoms with E-state index in [2.05, 4.69) is 5.32 Å². The Morgan fingerprint density at radius 3 is 2.37 bits per heavy atom. The van der Waals surface area contributed by atoms with Gasteiger partial charge in [0.1, 0.15) is 17.2 Å². The van der Waals surface area contributed by atoms with Gasteiger partial charge < -0.3 is 9.73 Å². The van der Waals surface area contributed by atoms with E-state index in [1.54, 1.807) is 36.4 Å². The minimum atomic E-state index is -0.460. The van der Waals surface area contributed by atoms with Gasteiger partial charge in [-0.25, -0.2) is 4.79 Å². The first-order chi connectivity index (χ1) is 14.4. The molecule has 1 saturated heterocycles. The normalized spacial score (nSPS) is 15.0. The molecular formula is C24H20N2O4. The van der Waals surface area contributed by atoms with Gasteiger partial charge in [-0.1, -0.05) is 54.1 Å². The average Bonchev–Trinajstić information content (AvgIpc) is 3.30. The van der Waals surface area contributed by atoms with Crippen molar-refractivity contribution in [2.75, 3.05) is 0 Å². The summed E-state index contributed by atoms with van der Waals surface area (Å²) in [5.74, 6) is 0.646. The summed E-state index contributed by atoms with van der Waals surface area (Å²) in [6.45, 7) is 3.70. The van der Waals surface area contributed by atoms with Gasteiger partial charge in [0.05, 0.1) is 6.54 Å². The van der Waals surface area contributed by atoms with Gasteiger partial charge in [0.25, 0.3) is 5.91 Å². The van der Waals surface area contributed by atoms with Gasteiger partial charge in [0, 0.05) is 17.2 Å². The molecule has 2 heterocycles. The number of carbonyl (C=O) groups is 3. The molecule has 0 atom stereocenters. The van der Waals surface area contributed by atoms with E-state index >= 15 is 0 Å². The predicted molar refractivity (Wildman–Crippen MR) is 112 cm³/mol. The van der Waals surface area contributed by atoms with Crippen LogP contribution in [0.3, 0.4) is 0 Å². The van der Waals surface area contributed by atoms with Crippen molar-refractivity contribution in [3.05, 3.63) is 88.8 Å². The van der Waals surface area contributed by atoms with Gasteiger partial charge in [0.2, 0.25) is 0 Å². The van der Waals surface area contributed by atoms with E-state index in [1.807, 2.05) is 31.2 Å². The van der Waals surface area contributed by atoms with Crippen LogP contribution >= 0.6 is 0 Å². The molecule has 6 nitrogen and oxygen atoms in total. The molecule has 1 aliphatic rings. The van der Waals surface area contributed by atoms with Crippen LogP contribution < -0.4 is 5.32 Å². The van der Waals surface area contributed by atoms with Gasteiger partial charge in [-0.15, -0.1) is 0 Å². The maximum atomic E-state index is 12.7. The fourth-order valence-electron chi connectivity index (χ4n) is 3.19. The Labute approximate surface area is 173 Å². The van der Waals surface area contributed by atoms with Crippen molar-refractivity contribution in [1.29, 1.82) is 0 Å². The molecule has 3 amide bonds. The number of urea groups is 1. The average molecular weight is 400 g/mol. The second kappa shape index (κ2) is 7.83. The molecule has 0 spiro atoms. The summed E-state index contributed by atoms with van der Waals surface area (Å²) in [6, 6.07) is 17.8. The van der Waals surface area contributed by atoms with E-state index in [0.717, 1.165) is 16.7 Å². The van der Waals surface area contributed by atoms with Crippen molar-refractivity contribution in [3.8, 4) is 11.3 Å². The molecule has 1 aromatic heterocycles. The van der Waals surface area contributed by atoms with E-state index in [-0.39, 0.29) is 18.0 Å². The monoisotopic (exact) mass is 400 g/mol. The highest BCUT2D eigenvalue weighted by Gasteiger charge is 2.33. The van der Waals surface area contributed by atoms with Crippen molar-refractivity contribution in [1.82, 2.24) is 10.2 Å². The zero-order valence-corrected chi connectivity index (χ0v) is 16.6. The lowest BCUT2D eigenvalue weighted by Crippen LogP contribution is -2.30. The lowest BCUT2D eigenvalue weighted by Gasteiger charge is -2.11. The number of furan rings is 1. The van der Waals surface area contributed by atoms with Crippen molar-refractivity contribution < 1.29 is 18.8 Å². The molecule has 0 radical (unpaired) electrons. The number of nitrogens with one attached hydrogen (secondary N) is 1. The molecular weight excluding hydrogens is 380 g/mol. The molecule has 0 saturated carbocycles. The third-order valence-corrected chi connectivity index (χ3v) is 4.91. The van der Waals surface area contributed by atoms with Crippen LogP contribution in [0.25, 0.3) is 17.4 Å². The number of hydrogen-bond donors (Lipinski definition) is 1. The second-order valence-corrected chi connectivity index (χ2v) is 7.20. The molecule has 1 fully saturated rings. The van der Waals surface area contributed by atoms with Crippen LogP contribution in [-0.4, -0.2) is 22.6 Å². The molecule has 4 rings (SSSR count). The molecule has 0 aliphatic carbocycles. The fraction of sp³-hybridized carbons (Fsp3) is 0.125. The Bertz CT molecular complexity index is 1150. The largest absolute Gasteiger partial charge is 0.457 e. The van der Waals surface area contributed by atoms with Crippen molar-refractivity contribution >= 4 is 23.8 Å². The maximum absolute atomic E-state index is 12.7. The number of hydrogen-bond acceptors (Lipinski definition) is 4. The van der Waals surface area contributed by atoms with Crippen molar-refractivity contribution in [2.45, 2.75) is 20.4 Å². The molecule has 3 aromatic rings. The summed E-state index contributed by atoms with van der Waals surface area (Å²) >= 11 is 0. The third kappa shape index (κ3) is 3.93. The summed E-state index contributed by atoms with van der Waals surface area (Å²) in [5, 5.41) is 2.60. The molecule has 6 heteroatoms. The first kappa shape index (κ1) is 19.4. The summed E-state index contributed by atoms with van der Waals surface area (Å²) in [5.41, 5.74) is 3.59. The molecule has 30 heavy (non-hydrogen) atoms. The lowest BCUT2D eigenvalue weighted by molar-refractivity contribution is -0.123. The summed E-state index contributed by atoms with van der Waals surface area (Å²) < 4.78 is 5.80. The Morgan fingerprint density at radius 2 is 1.70 bits per heavy atom. The lowest BCUT2D eigenvalue weighted by atomic mass is 10.1. The number of ketones is 1. The van der Waals surface area contributed by atoms with E-state index in [9.17, 15) is 14.4 Å². The van der Waals surface area contributed by atoms with E-state index in [0.29, 0.717) is 17.1 Å². The van der Waals surface area contributed by atoms with Crippen LogP contribution in [0.1, 0.15) is 34.2 Å². The van der Waals surface area contributed by atoms with E-state index in [4.69, 9.17) is 4.42 Å². The van der Waals surface area contributed by atoms with Crippen LogP contribution in [0.4, 0.5) is 4.79 Å². The van der Waals surface area contributed by atoms with Crippen LogP contribution in [-0.2, 0) is 11.3 Å². The highest BCUT2D eigenvalue weighted by atomic mass is 16.3. The molecule has 0 unspecified atom stereocenters. The maximum Gasteiger partial charge on any atom is 0.329 e. The molecule has 1 aliphatic heterocycles. The Balaban J connectivity index is 1.51. The highest BCUT2D eigenvalue weighted by molar-refractivity contribution is 6.13. The number of imide groups is 1. The van der Waals surface area contributed by atoms with E-state index < -0.39 is 11.9 Å². The Hall–Kier alpha value is -3.93. The Morgan fingerprint density at radius 1 is 1.00 bits per heavy atom. The number of aryl methyl sites for hydroxylation is 1. The van der Waals surface area contributed by atoms with Gasteiger partial charge in [-0.05, 0) is 31.5 Å². The molecule has 150 valence electrons. The zero-order valence-electron chi connectivity index (χ0n) is 16.6. The second-order valence-electron chi connectivity index (χ2n) is 7.20. The molecule has 1 N–H and O–H groups in total. The number of rotatable bonds is 5. The first-order valence-corrected chi connectivity index (χ1v) is 9.52. The summed E-state index contributed by atoms with van der Waals surface area (Å²) in [7, 11) is 0. The van der Waals surface area contributed by atoms with Crippen LogP contribution in [0.15, 0.2) is 70.8 Å². The highest BCUT2D eigenvalue weighted by Crippen LogP contribution is 2.25. The van der Waals surface area contributed by atoms with Gasteiger partial charge >= 0.3 is 6.03 Å². The smallest absolute Gasteiger partial charge is 0.329 e. The van der Waals surface area contributed by atoms with Gasteiger partial charge in [-0.3, -0.25) is 14.5 Å². The quantitative estimate of drug-likeness (QED) is 0.387. The minimum absolute atomic E-state index is 0.00269. The van der Waals surface area contributed by atoms with Crippen molar-refractivity contribution in [2.24, 2.45) is 0 Å². The Kier molecular flexibility index (Phi) is 5.06. The molecule has 2 aromatic carbocycles. The molecule has 0 bridgehead atoms. The van der Waals surface area contributed by atoms with E-state index in [1.165, 1.54) is 17.9 Å². The SMILES string of the molecule is CC(=O)c1ccc(-c2ccc(/C=C3/NC(=O)N(Cc4ccc(C)cc4)C3=O)o2)cc1. The number of benzene rings is 2. The summed E-state index contributed by atoms with van der Waals surface area (Å²) in [6.07, 6.45) is 1.52. The number of amides is 3. The van der Waals surface area contributed by atoms with Gasteiger partial charge in [0.15, 0.2) is 5.78 Å². The number of carbonyl (C=O) groups excluding carboxylic acids is 3. The minimum Gasteiger partial charge on any atom is -0.457 e. The number of Topliss-reactive ketones (excluding diaryl/α,β-unsaturated/α-hetero) is 1. The van der Waals surface area contributed by atoms with Crippen LogP contribution in [0.2, 0.25) is 0 Å². The third-order valence-electron chi connectivity index (χ3n) is 4.91. The standard InChI is InChI=1S/C24H20N2O4/c1-15-3-5-17(6-4-15)14-26-23(28)21(25-24(26)29)13-20-11-12-22(30-20)19-9-7-18(8-10-19)16(2)27/h3-13H,14H2,1-2H3,(H,25,29)/b21-13+. The number of nitrogens with zero attached hydrogens (tertiary/aromatic N) is 1. The zero-order chi connectivity index (χ0) is 21.3.